The van der Waals surface area contributed by atoms with Crippen LogP contribution >= 0.6 is 12.4 Å². The Morgan fingerprint density at radius 3 is 2.74 bits per heavy atom. The molecule has 1 fully saturated rings. The van der Waals surface area contributed by atoms with Gasteiger partial charge in [0, 0.05) is 23.5 Å². The molecule has 2 aromatic heterocycles. The molecule has 1 saturated heterocycles. The highest BCUT2D eigenvalue weighted by Crippen LogP contribution is 2.30. The maximum atomic E-state index is 5.79. The maximum absolute atomic E-state index is 5.79. The zero-order chi connectivity index (χ0) is 17.8. The number of rotatable bonds is 5. The molecule has 7 heteroatoms. The van der Waals surface area contributed by atoms with Crippen molar-refractivity contribution in [2.75, 3.05) is 6.54 Å². The fourth-order valence-electron chi connectivity index (χ4n) is 3.15. The van der Waals surface area contributed by atoms with E-state index in [-0.39, 0.29) is 17.9 Å². The van der Waals surface area contributed by atoms with Gasteiger partial charge in [0.05, 0.1) is 5.54 Å². The smallest absolute Gasteiger partial charge is 0.246 e. The Balaban J connectivity index is 0.00000210. The van der Waals surface area contributed by atoms with Crippen molar-refractivity contribution in [1.82, 2.24) is 20.4 Å². The summed E-state index contributed by atoms with van der Waals surface area (Å²) in [4.78, 5) is 8.69. The molecule has 0 saturated carbocycles. The van der Waals surface area contributed by atoms with Crippen LogP contribution in [0.2, 0.25) is 0 Å². The second-order valence-corrected chi connectivity index (χ2v) is 6.81. The Bertz CT molecular complexity index is 846. The lowest BCUT2D eigenvalue weighted by molar-refractivity contribution is 0.207. The van der Waals surface area contributed by atoms with E-state index in [0.717, 1.165) is 29.8 Å². The van der Waals surface area contributed by atoms with Crippen molar-refractivity contribution < 1.29 is 9.26 Å². The molecule has 0 amide bonds. The van der Waals surface area contributed by atoms with E-state index in [1.807, 2.05) is 36.4 Å². The van der Waals surface area contributed by atoms with Crippen LogP contribution in [-0.4, -0.2) is 21.7 Å². The van der Waals surface area contributed by atoms with Crippen molar-refractivity contribution in [3.8, 4) is 17.1 Å². The molecule has 0 spiro atoms. The van der Waals surface area contributed by atoms with Crippen LogP contribution in [0.3, 0.4) is 0 Å². The maximum Gasteiger partial charge on any atom is 0.246 e. The van der Waals surface area contributed by atoms with Gasteiger partial charge in [0.2, 0.25) is 11.7 Å². The summed E-state index contributed by atoms with van der Waals surface area (Å²) < 4.78 is 11.3. The minimum atomic E-state index is -0.226. The molecule has 3 aromatic rings. The van der Waals surface area contributed by atoms with Crippen molar-refractivity contribution in [2.24, 2.45) is 0 Å². The highest BCUT2D eigenvalue weighted by atomic mass is 35.5. The van der Waals surface area contributed by atoms with Gasteiger partial charge in [0.25, 0.3) is 0 Å². The monoisotopic (exact) mass is 386 g/mol. The third-order valence-electron chi connectivity index (χ3n) is 4.76. The van der Waals surface area contributed by atoms with E-state index in [1.165, 1.54) is 12.8 Å². The summed E-state index contributed by atoms with van der Waals surface area (Å²) in [5.74, 6) is 2.05. The normalized spacial score (nSPS) is 19.3. The quantitative estimate of drug-likeness (QED) is 0.711. The Morgan fingerprint density at radius 2 is 2.04 bits per heavy atom. The summed E-state index contributed by atoms with van der Waals surface area (Å²) in [6, 6.07) is 11.6. The van der Waals surface area contributed by atoms with Crippen LogP contribution in [0.15, 0.2) is 53.3 Å². The molecule has 1 aliphatic rings. The van der Waals surface area contributed by atoms with Crippen LogP contribution in [0, 0.1) is 0 Å². The Kier molecular flexibility index (Phi) is 6.08. The number of halogens is 1. The van der Waals surface area contributed by atoms with Gasteiger partial charge in [-0.3, -0.25) is 4.98 Å². The van der Waals surface area contributed by atoms with Gasteiger partial charge in [-0.2, -0.15) is 4.98 Å². The molecule has 1 aliphatic heterocycles. The fraction of sp³-hybridized carbons (Fsp3) is 0.350. The molecule has 3 heterocycles. The molecule has 1 atom stereocenters. The standard InChI is InChI=1S/C20H22N4O2.ClH/c1-20(10-2-3-12-22-20)19-23-18(24-26-19)16-6-8-17(9-7-16)25-14-15-5-4-11-21-13-15;/h4-9,11,13,22H,2-3,10,12,14H2,1H3;1H. The number of benzene rings is 1. The first-order valence-corrected chi connectivity index (χ1v) is 8.94. The first kappa shape index (κ1) is 19.3. The van der Waals surface area contributed by atoms with Gasteiger partial charge < -0.3 is 14.6 Å². The molecule has 1 aromatic carbocycles. The number of aromatic nitrogens is 3. The van der Waals surface area contributed by atoms with Crippen molar-refractivity contribution in [3.05, 3.63) is 60.2 Å². The average Bonchev–Trinajstić information content (AvgIpc) is 3.19. The van der Waals surface area contributed by atoms with Crippen LogP contribution < -0.4 is 10.1 Å². The van der Waals surface area contributed by atoms with Crippen LogP contribution in [0.25, 0.3) is 11.4 Å². The molecule has 6 nitrogen and oxygen atoms in total. The highest BCUT2D eigenvalue weighted by molar-refractivity contribution is 5.85. The highest BCUT2D eigenvalue weighted by Gasteiger charge is 2.34. The van der Waals surface area contributed by atoms with E-state index in [0.29, 0.717) is 18.3 Å². The minimum absolute atomic E-state index is 0. The van der Waals surface area contributed by atoms with Gasteiger partial charge >= 0.3 is 0 Å². The third kappa shape index (κ3) is 4.46. The van der Waals surface area contributed by atoms with E-state index >= 15 is 0 Å². The topological polar surface area (TPSA) is 73.1 Å². The first-order valence-electron chi connectivity index (χ1n) is 8.94. The molecule has 27 heavy (non-hydrogen) atoms. The summed E-state index contributed by atoms with van der Waals surface area (Å²) in [6.45, 7) is 3.60. The van der Waals surface area contributed by atoms with Crippen molar-refractivity contribution in [1.29, 1.82) is 0 Å². The number of hydrogen-bond acceptors (Lipinski definition) is 6. The third-order valence-corrected chi connectivity index (χ3v) is 4.76. The number of ether oxygens (including phenoxy) is 1. The average molecular weight is 387 g/mol. The molecule has 142 valence electrons. The molecule has 0 aliphatic carbocycles. The van der Waals surface area contributed by atoms with Gasteiger partial charge in [0.1, 0.15) is 12.4 Å². The number of nitrogens with one attached hydrogen (secondary N) is 1. The van der Waals surface area contributed by atoms with Crippen LogP contribution in [0.1, 0.15) is 37.6 Å². The van der Waals surface area contributed by atoms with Crippen molar-refractivity contribution >= 4 is 12.4 Å². The number of nitrogens with zero attached hydrogens (tertiary/aromatic N) is 3. The number of pyridine rings is 1. The van der Waals surface area contributed by atoms with E-state index in [1.54, 1.807) is 12.4 Å². The van der Waals surface area contributed by atoms with Gasteiger partial charge in [0.15, 0.2) is 0 Å². The van der Waals surface area contributed by atoms with E-state index in [9.17, 15) is 0 Å². The summed E-state index contributed by atoms with van der Waals surface area (Å²) in [6.07, 6.45) is 6.92. The lowest BCUT2D eigenvalue weighted by Gasteiger charge is -2.31. The second kappa shape index (κ2) is 8.50. The summed E-state index contributed by atoms with van der Waals surface area (Å²) >= 11 is 0. The molecule has 0 radical (unpaired) electrons. The molecular formula is C20H23ClN4O2. The van der Waals surface area contributed by atoms with E-state index < -0.39 is 0 Å². The number of hydrogen-bond donors (Lipinski definition) is 1. The predicted octanol–water partition coefficient (Wildman–Crippen LogP) is 4.12. The van der Waals surface area contributed by atoms with Gasteiger partial charge in [-0.15, -0.1) is 12.4 Å². The van der Waals surface area contributed by atoms with Crippen LogP contribution in [0.5, 0.6) is 5.75 Å². The van der Waals surface area contributed by atoms with E-state index in [4.69, 9.17) is 9.26 Å². The van der Waals surface area contributed by atoms with Gasteiger partial charge in [-0.25, -0.2) is 0 Å². The van der Waals surface area contributed by atoms with Crippen molar-refractivity contribution in [2.45, 2.75) is 38.3 Å². The molecule has 0 bridgehead atoms. The Hall–Kier alpha value is -2.44. The SMILES string of the molecule is CC1(c2nc(-c3ccc(OCc4cccnc4)cc3)no2)CCCCN1.Cl. The summed E-state index contributed by atoms with van der Waals surface area (Å²) in [5, 5.41) is 7.65. The largest absolute Gasteiger partial charge is 0.489 e. The molecule has 1 N–H and O–H groups in total. The van der Waals surface area contributed by atoms with E-state index in [2.05, 4.69) is 27.4 Å². The lowest BCUT2D eigenvalue weighted by atomic mass is 9.91. The Labute approximate surface area is 164 Å². The van der Waals surface area contributed by atoms with Gasteiger partial charge in [-0.05, 0) is 63.1 Å². The lowest BCUT2D eigenvalue weighted by Crippen LogP contribution is -2.43. The summed E-state index contributed by atoms with van der Waals surface area (Å²) in [5.41, 5.74) is 1.72. The Morgan fingerprint density at radius 1 is 1.19 bits per heavy atom. The van der Waals surface area contributed by atoms with Crippen molar-refractivity contribution in [3.63, 3.8) is 0 Å². The zero-order valence-electron chi connectivity index (χ0n) is 15.2. The molecule has 4 rings (SSSR count). The molecular weight excluding hydrogens is 364 g/mol. The van der Waals surface area contributed by atoms with Gasteiger partial charge in [-0.1, -0.05) is 11.2 Å². The second-order valence-electron chi connectivity index (χ2n) is 6.81. The fourth-order valence-corrected chi connectivity index (χ4v) is 3.15. The van der Waals surface area contributed by atoms with Crippen LogP contribution in [0.4, 0.5) is 0 Å². The minimum Gasteiger partial charge on any atom is -0.489 e. The first-order chi connectivity index (χ1) is 12.7. The number of piperidine rings is 1. The van der Waals surface area contributed by atoms with Crippen LogP contribution in [-0.2, 0) is 12.1 Å². The molecule has 1 unspecified atom stereocenters. The predicted molar refractivity (Wildman–Crippen MR) is 105 cm³/mol. The summed E-state index contributed by atoms with van der Waals surface area (Å²) in [7, 11) is 0. The zero-order valence-corrected chi connectivity index (χ0v) is 16.0.